The van der Waals surface area contributed by atoms with E-state index in [0.717, 1.165) is 48.7 Å². The van der Waals surface area contributed by atoms with Crippen molar-refractivity contribution in [2.24, 2.45) is 0 Å². The maximum atomic E-state index is 5.61. The van der Waals surface area contributed by atoms with Crippen LogP contribution in [0.5, 0.6) is 0 Å². The highest BCUT2D eigenvalue weighted by atomic mass is 16.3. The molecule has 3 heterocycles. The highest BCUT2D eigenvalue weighted by molar-refractivity contribution is 5.52. The van der Waals surface area contributed by atoms with Gasteiger partial charge in [0.2, 0.25) is 5.89 Å². The molecule has 0 saturated carbocycles. The van der Waals surface area contributed by atoms with Crippen LogP contribution in [0.1, 0.15) is 24.2 Å². The Kier molecular flexibility index (Phi) is 4.93. The van der Waals surface area contributed by atoms with Crippen LogP contribution in [0.25, 0.3) is 11.5 Å². The molecule has 6 heteroatoms. The number of piperidine rings is 1. The number of oxazole rings is 1. The largest absolute Gasteiger partial charge is 0.444 e. The van der Waals surface area contributed by atoms with Gasteiger partial charge in [0.1, 0.15) is 6.26 Å². The van der Waals surface area contributed by atoms with Crippen molar-refractivity contribution < 1.29 is 4.42 Å². The highest BCUT2D eigenvalue weighted by Crippen LogP contribution is 2.19. The van der Waals surface area contributed by atoms with Gasteiger partial charge in [0.15, 0.2) is 5.82 Å². The van der Waals surface area contributed by atoms with Crippen molar-refractivity contribution in [3.8, 4) is 11.5 Å². The van der Waals surface area contributed by atoms with Crippen LogP contribution in [-0.2, 0) is 6.54 Å². The topological polar surface area (TPSA) is 67.1 Å². The molecule has 0 unspecified atom stereocenters. The van der Waals surface area contributed by atoms with E-state index in [0.29, 0.717) is 18.5 Å². The number of anilines is 1. The summed E-state index contributed by atoms with van der Waals surface area (Å²) in [6.07, 6.45) is 4.03. The van der Waals surface area contributed by atoms with E-state index in [1.165, 1.54) is 0 Å². The average Bonchev–Trinajstić information content (AvgIpc) is 3.17. The number of aromatic nitrogens is 3. The molecular weight excluding hydrogens is 326 g/mol. The summed E-state index contributed by atoms with van der Waals surface area (Å²) in [4.78, 5) is 6.88. The summed E-state index contributed by atoms with van der Waals surface area (Å²) >= 11 is 0. The molecule has 1 fully saturated rings. The number of benzene rings is 1. The number of aryl methyl sites for hydroxylation is 1. The summed E-state index contributed by atoms with van der Waals surface area (Å²) < 4.78 is 5.61. The van der Waals surface area contributed by atoms with Gasteiger partial charge in [0.05, 0.1) is 11.4 Å². The fourth-order valence-electron chi connectivity index (χ4n) is 3.26. The van der Waals surface area contributed by atoms with E-state index < -0.39 is 0 Å². The van der Waals surface area contributed by atoms with Crippen LogP contribution >= 0.6 is 0 Å². The zero-order valence-electron chi connectivity index (χ0n) is 14.9. The second-order valence-electron chi connectivity index (χ2n) is 6.71. The van der Waals surface area contributed by atoms with Crippen LogP contribution in [0.2, 0.25) is 0 Å². The Morgan fingerprint density at radius 2 is 2.04 bits per heavy atom. The summed E-state index contributed by atoms with van der Waals surface area (Å²) in [7, 11) is 0. The molecule has 0 radical (unpaired) electrons. The van der Waals surface area contributed by atoms with Gasteiger partial charge in [-0.2, -0.15) is 5.10 Å². The Morgan fingerprint density at radius 1 is 1.15 bits per heavy atom. The summed E-state index contributed by atoms with van der Waals surface area (Å²) in [5.41, 5.74) is 2.87. The van der Waals surface area contributed by atoms with Gasteiger partial charge in [-0.1, -0.05) is 18.2 Å². The molecule has 4 rings (SSSR count). The van der Waals surface area contributed by atoms with Gasteiger partial charge in [-0.05, 0) is 44.0 Å². The smallest absolute Gasteiger partial charge is 0.226 e. The zero-order valence-corrected chi connectivity index (χ0v) is 14.9. The molecule has 0 spiro atoms. The first kappa shape index (κ1) is 16.7. The maximum Gasteiger partial charge on any atom is 0.226 e. The van der Waals surface area contributed by atoms with Crippen LogP contribution in [0.3, 0.4) is 0 Å². The van der Waals surface area contributed by atoms with E-state index in [4.69, 9.17) is 4.42 Å². The maximum absolute atomic E-state index is 5.61. The normalized spacial score (nSPS) is 17.4. The standard InChI is InChI=1S/C20H23N5O/c1-15-9-10-19(24-23-15)25-11-5-8-17(13-25)21-12-18-14-26-20(22-18)16-6-3-2-4-7-16/h2-4,6-7,9-10,14,17,21H,5,8,11-13H2,1H3/t17-/m0/s1. The van der Waals surface area contributed by atoms with Crippen molar-refractivity contribution in [3.63, 3.8) is 0 Å². The predicted molar refractivity (Wildman–Crippen MR) is 101 cm³/mol. The first-order valence-electron chi connectivity index (χ1n) is 9.06. The fourth-order valence-corrected chi connectivity index (χ4v) is 3.26. The molecule has 134 valence electrons. The molecule has 6 nitrogen and oxygen atoms in total. The molecule has 0 aliphatic carbocycles. The molecule has 1 aromatic carbocycles. The Labute approximate surface area is 153 Å². The summed E-state index contributed by atoms with van der Waals surface area (Å²) in [6, 6.07) is 14.4. The van der Waals surface area contributed by atoms with E-state index in [-0.39, 0.29) is 0 Å². The Morgan fingerprint density at radius 3 is 2.85 bits per heavy atom. The van der Waals surface area contributed by atoms with Crippen LogP contribution in [0.4, 0.5) is 5.82 Å². The van der Waals surface area contributed by atoms with E-state index in [9.17, 15) is 0 Å². The van der Waals surface area contributed by atoms with Gasteiger partial charge in [0, 0.05) is 31.2 Å². The molecular formula is C20H23N5O. The molecule has 0 bridgehead atoms. The van der Waals surface area contributed by atoms with Crippen molar-refractivity contribution >= 4 is 5.82 Å². The summed E-state index contributed by atoms with van der Waals surface area (Å²) in [5, 5.41) is 12.1. The molecule has 1 aliphatic heterocycles. The third kappa shape index (κ3) is 3.91. The third-order valence-electron chi connectivity index (χ3n) is 4.67. The number of rotatable bonds is 5. The predicted octanol–water partition coefficient (Wildman–Crippen LogP) is 3.20. The Bertz CT molecular complexity index is 831. The van der Waals surface area contributed by atoms with Gasteiger partial charge in [-0.25, -0.2) is 4.98 Å². The average molecular weight is 349 g/mol. The highest BCUT2D eigenvalue weighted by Gasteiger charge is 2.21. The number of nitrogens with zero attached hydrogens (tertiary/aromatic N) is 4. The van der Waals surface area contributed by atoms with Gasteiger partial charge in [0.25, 0.3) is 0 Å². The molecule has 1 aliphatic rings. The van der Waals surface area contributed by atoms with Crippen LogP contribution in [0.15, 0.2) is 53.1 Å². The summed E-state index contributed by atoms with van der Waals surface area (Å²) in [5.74, 6) is 1.62. The van der Waals surface area contributed by atoms with Crippen molar-refractivity contribution in [1.29, 1.82) is 0 Å². The molecule has 1 N–H and O–H groups in total. The lowest BCUT2D eigenvalue weighted by Crippen LogP contribution is -2.45. The van der Waals surface area contributed by atoms with E-state index in [2.05, 4.69) is 31.5 Å². The number of nitrogens with one attached hydrogen (secondary N) is 1. The first-order valence-corrected chi connectivity index (χ1v) is 9.06. The van der Waals surface area contributed by atoms with Crippen molar-refractivity contribution in [2.45, 2.75) is 32.4 Å². The second-order valence-corrected chi connectivity index (χ2v) is 6.71. The lowest BCUT2D eigenvalue weighted by molar-refractivity contribution is 0.417. The molecule has 1 atom stereocenters. The minimum absolute atomic E-state index is 0.406. The van der Waals surface area contributed by atoms with E-state index in [1.807, 2.05) is 43.3 Å². The van der Waals surface area contributed by atoms with Gasteiger partial charge in [-0.15, -0.1) is 5.10 Å². The first-order chi connectivity index (χ1) is 12.8. The van der Waals surface area contributed by atoms with Crippen LogP contribution in [-0.4, -0.2) is 34.3 Å². The monoisotopic (exact) mass is 349 g/mol. The Hall–Kier alpha value is -2.73. The van der Waals surface area contributed by atoms with E-state index >= 15 is 0 Å². The number of hydrogen-bond donors (Lipinski definition) is 1. The van der Waals surface area contributed by atoms with Crippen LogP contribution < -0.4 is 10.2 Å². The minimum Gasteiger partial charge on any atom is -0.444 e. The number of hydrogen-bond acceptors (Lipinski definition) is 6. The summed E-state index contributed by atoms with van der Waals surface area (Å²) in [6.45, 7) is 4.62. The fraction of sp³-hybridized carbons (Fsp3) is 0.350. The van der Waals surface area contributed by atoms with Crippen molar-refractivity contribution in [1.82, 2.24) is 20.5 Å². The SMILES string of the molecule is Cc1ccc(N2CCC[C@H](NCc3coc(-c4ccccc4)n3)C2)nn1. The van der Waals surface area contributed by atoms with Gasteiger partial charge >= 0.3 is 0 Å². The van der Waals surface area contributed by atoms with Crippen molar-refractivity contribution in [3.05, 3.63) is 60.1 Å². The van der Waals surface area contributed by atoms with E-state index in [1.54, 1.807) is 6.26 Å². The Balaban J connectivity index is 1.34. The molecule has 3 aromatic rings. The third-order valence-corrected chi connectivity index (χ3v) is 4.67. The zero-order chi connectivity index (χ0) is 17.8. The molecule has 26 heavy (non-hydrogen) atoms. The lowest BCUT2D eigenvalue weighted by atomic mass is 10.1. The van der Waals surface area contributed by atoms with Gasteiger partial charge < -0.3 is 14.6 Å². The molecule has 0 amide bonds. The van der Waals surface area contributed by atoms with Crippen molar-refractivity contribution in [2.75, 3.05) is 18.0 Å². The minimum atomic E-state index is 0.406. The van der Waals surface area contributed by atoms with Gasteiger partial charge in [-0.3, -0.25) is 0 Å². The lowest BCUT2D eigenvalue weighted by Gasteiger charge is -2.33. The quantitative estimate of drug-likeness (QED) is 0.763. The molecule has 2 aromatic heterocycles. The van der Waals surface area contributed by atoms with Crippen LogP contribution in [0, 0.1) is 6.92 Å². The second kappa shape index (κ2) is 7.66. The molecule has 1 saturated heterocycles.